The molecule has 0 bridgehead atoms. The number of hydrogen-bond donors (Lipinski definition) is 2. The number of aliphatic imine (C=N–C) groups is 1. The first-order valence-electron chi connectivity index (χ1n) is 8.46. The van der Waals surface area contributed by atoms with Crippen molar-refractivity contribution in [3.63, 3.8) is 0 Å². The van der Waals surface area contributed by atoms with Crippen molar-refractivity contribution in [1.82, 2.24) is 15.5 Å². The van der Waals surface area contributed by atoms with Gasteiger partial charge in [-0.1, -0.05) is 12.1 Å². The lowest BCUT2D eigenvalue weighted by molar-refractivity contribution is -0.121. The van der Waals surface area contributed by atoms with Crippen LogP contribution in [0.2, 0.25) is 0 Å². The van der Waals surface area contributed by atoms with Gasteiger partial charge < -0.3 is 15.5 Å². The van der Waals surface area contributed by atoms with Crippen molar-refractivity contribution in [2.75, 3.05) is 26.9 Å². The van der Waals surface area contributed by atoms with E-state index in [1.165, 1.54) is 10.5 Å². The van der Waals surface area contributed by atoms with E-state index in [9.17, 15) is 4.79 Å². The van der Waals surface area contributed by atoms with Gasteiger partial charge in [-0.25, -0.2) is 0 Å². The molecule has 1 aliphatic carbocycles. The molecule has 1 aliphatic rings. The zero-order valence-corrected chi connectivity index (χ0v) is 15.7. The van der Waals surface area contributed by atoms with Gasteiger partial charge in [0.1, 0.15) is 0 Å². The second-order valence-corrected chi connectivity index (χ2v) is 7.00. The zero-order valence-electron chi connectivity index (χ0n) is 14.8. The second kappa shape index (κ2) is 9.57. The molecule has 0 unspecified atom stereocenters. The lowest BCUT2D eigenvalue weighted by Crippen LogP contribution is -2.39. The molecule has 132 valence electrons. The van der Waals surface area contributed by atoms with Crippen LogP contribution in [0.25, 0.3) is 0 Å². The van der Waals surface area contributed by atoms with Gasteiger partial charge in [-0.2, -0.15) is 0 Å². The highest BCUT2D eigenvalue weighted by Gasteiger charge is 2.22. The van der Waals surface area contributed by atoms with Crippen LogP contribution >= 0.6 is 11.8 Å². The maximum atomic E-state index is 11.7. The van der Waals surface area contributed by atoms with Crippen LogP contribution in [-0.4, -0.2) is 49.7 Å². The van der Waals surface area contributed by atoms with Gasteiger partial charge in [-0.15, -0.1) is 11.8 Å². The summed E-state index contributed by atoms with van der Waals surface area (Å²) in [4.78, 5) is 19.3. The first-order valence-corrected chi connectivity index (χ1v) is 9.69. The quantitative estimate of drug-likeness (QED) is 0.328. The van der Waals surface area contributed by atoms with Crippen LogP contribution in [0.15, 0.2) is 34.2 Å². The van der Waals surface area contributed by atoms with E-state index in [1.807, 2.05) is 7.05 Å². The lowest BCUT2D eigenvalue weighted by atomic mass is 10.2. The van der Waals surface area contributed by atoms with Crippen molar-refractivity contribution < 1.29 is 4.79 Å². The van der Waals surface area contributed by atoms with Gasteiger partial charge in [0.15, 0.2) is 5.96 Å². The van der Waals surface area contributed by atoms with Gasteiger partial charge in [0.05, 0.1) is 0 Å². The number of benzene rings is 1. The van der Waals surface area contributed by atoms with Gasteiger partial charge in [0.25, 0.3) is 0 Å². The predicted molar refractivity (Wildman–Crippen MR) is 101 cm³/mol. The Hall–Kier alpha value is -1.69. The maximum absolute atomic E-state index is 11.7. The van der Waals surface area contributed by atoms with Crippen LogP contribution in [0.3, 0.4) is 0 Å². The average molecular weight is 349 g/mol. The number of hydrogen-bond acceptors (Lipinski definition) is 3. The van der Waals surface area contributed by atoms with Gasteiger partial charge in [0, 0.05) is 44.5 Å². The smallest absolute Gasteiger partial charge is 0.220 e. The van der Waals surface area contributed by atoms with Gasteiger partial charge in [-0.3, -0.25) is 9.79 Å². The standard InChI is InChI=1S/C18H28N4OS/c1-19-18(20-12-4-5-17(23)21-15-8-9-15)22(2)13-14-6-10-16(24-3)11-7-14/h6-7,10-11,15H,4-5,8-9,12-13H2,1-3H3,(H,19,20)(H,21,23). The summed E-state index contributed by atoms with van der Waals surface area (Å²) in [7, 11) is 3.81. The van der Waals surface area contributed by atoms with E-state index in [0.717, 1.165) is 38.3 Å². The molecular formula is C18H28N4OS. The van der Waals surface area contributed by atoms with Crippen LogP contribution in [-0.2, 0) is 11.3 Å². The van der Waals surface area contributed by atoms with Crippen molar-refractivity contribution >= 4 is 23.6 Å². The molecule has 1 aromatic carbocycles. The molecule has 2 N–H and O–H groups in total. The first-order chi connectivity index (χ1) is 11.6. The lowest BCUT2D eigenvalue weighted by Gasteiger charge is -2.22. The Bertz CT molecular complexity index is 555. The third-order valence-electron chi connectivity index (χ3n) is 3.96. The second-order valence-electron chi connectivity index (χ2n) is 6.12. The Morgan fingerprint density at radius 2 is 2.04 bits per heavy atom. The number of rotatable bonds is 8. The highest BCUT2D eigenvalue weighted by molar-refractivity contribution is 7.98. The number of nitrogens with one attached hydrogen (secondary N) is 2. The molecule has 0 spiro atoms. The SMILES string of the molecule is CN=C(NCCCC(=O)NC1CC1)N(C)Cc1ccc(SC)cc1. The Balaban J connectivity index is 1.70. The largest absolute Gasteiger partial charge is 0.356 e. The highest BCUT2D eigenvalue weighted by Crippen LogP contribution is 2.18. The summed E-state index contributed by atoms with van der Waals surface area (Å²) in [5, 5.41) is 6.34. The van der Waals surface area contributed by atoms with E-state index in [0.29, 0.717) is 12.5 Å². The van der Waals surface area contributed by atoms with Crippen LogP contribution in [0.4, 0.5) is 0 Å². The number of guanidine groups is 1. The highest BCUT2D eigenvalue weighted by atomic mass is 32.2. The summed E-state index contributed by atoms with van der Waals surface area (Å²) in [5.74, 6) is 1.02. The van der Waals surface area contributed by atoms with E-state index < -0.39 is 0 Å². The van der Waals surface area contributed by atoms with E-state index in [4.69, 9.17) is 0 Å². The predicted octanol–water partition coefficient (Wildman–Crippen LogP) is 2.47. The molecule has 0 heterocycles. The topological polar surface area (TPSA) is 56.7 Å². The molecule has 6 heteroatoms. The molecule has 1 aromatic rings. The fourth-order valence-electron chi connectivity index (χ4n) is 2.44. The molecule has 0 aliphatic heterocycles. The van der Waals surface area contributed by atoms with Crippen LogP contribution in [0.5, 0.6) is 0 Å². The fraction of sp³-hybridized carbons (Fsp3) is 0.556. The van der Waals surface area contributed by atoms with E-state index in [-0.39, 0.29) is 5.91 Å². The minimum atomic E-state index is 0.163. The molecule has 24 heavy (non-hydrogen) atoms. The number of nitrogens with zero attached hydrogens (tertiary/aromatic N) is 2. The molecule has 0 radical (unpaired) electrons. The molecule has 5 nitrogen and oxygen atoms in total. The third kappa shape index (κ3) is 6.43. The summed E-state index contributed by atoms with van der Waals surface area (Å²) in [6, 6.07) is 9.03. The Morgan fingerprint density at radius 1 is 1.33 bits per heavy atom. The van der Waals surface area contributed by atoms with E-state index in [2.05, 4.69) is 51.0 Å². The Labute approximate surface area is 149 Å². The number of thioether (sulfide) groups is 1. The number of carbonyl (C=O) groups is 1. The van der Waals surface area contributed by atoms with E-state index >= 15 is 0 Å². The minimum Gasteiger partial charge on any atom is -0.356 e. The normalized spacial score (nSPS) is 14.4. The van der Waals surface area contributed by atoms with Crippen molar-refractivity contribution in [2.45, 2.75) is 43.2 Å². The van der Waals surface area contributed by atoms with Crippen molar-refractivity contribution in [3.8, 4) is 0 Å². The molecule has 0 atom stereocenters. The summed E-state index contributed by atoms with van der Waals surface area (Å²) < 4.78 is 0. The van der Waals surface area contributed by atoms with Crippen molar-refractivity contribution in [3.05, 3.63) is 29.8 Å². The van der Waals surface area contributed by atoms with Crippen LogP contribution < -0.4 is 10.6 Å². The van der Waals surface area contributed by atoms with Crippen LogP contribution in [0, 0.1) is 0 Å². The van der Waals surface area contributed by atoms with E-state index in [1.54, 1.807) is 18.8 Å². The summed E-state index contributed by atoms with van der Waals surface area (Å²) in [6.07, 6.45) is 5.74. The van der Waals surface area contributed by atoms with Crippen molar-refractivity contribution in [2.24, 2.45) is 4.99 Å². The zero-order chi connectivity index (χ0) is 17.4. The third-order valence-corrected chi connectivity index (χ3v) is 4.70. The molecule has 1 fully saturated rings. The average Bonchev–Trinajstić information content (AvgIpc) is 3.39. The summed E-state index contributed by atoms with van der Waals surface area (Å²) in [6.45, 7) is 1.55. The molecular weight excluding hydrogens is 320 g/mol. The molecule has 0 saturated heterocycles. The van der Waals surface area contributed by atoms with Crippen LogP contribution in [0.1, 0.15) is 31.2 Å². The molecule has 1 saturated carbocycles. The molecule has 0 aromatic heterocycles. The summed E-state index contributed by atoms with van der Waals surface area (Å²) in [5.41, 5.74) is 1.25. The Kier molecular flexibility index (Phi) is 7.43. The molecule has 2 rings (SSSR count). The molecule has 1 amide bonds. The van der Waals surface area contributed by atoms with Crippen molar-refractivity contribution in [1.29, 1.82) is 0 Å². The fourth-order valence-corrected chi connectivity index (χ4v) is 2.85. The van der Waals surface area contributed by atoms with Gasteiger partial charge in [-0.05, 0) is 43.2 Å². The van der Waals surface area contributed by atoms with Gasteiger partial charge in [0.2, 0.25) is 5.91 Å². The minimum absolute atomic E-state index is 0.163. The first kappa shape index (κ1) is 18.6. The number of carbonyl (C=O) groups excluding carboxylic acids is 1. The monoisotopic (exact) mass is 348 g/mol. The summed E-state index contributed by atoms with van der Waals surface area (Å²) >= 11 is 1.75. The number of amides is 1. The Morgan fingerprint density at radius 3 is 2.62 bits per heavy atom. The van der Waals surface area contributed by atoms with Gasteiger partial charge >= 0.3 is 0 Å². The maximum Gasteiger partial charge on any atom is 0.220 e.